The van der Waals surface area contributed by atoms with E-state index in [4.69, 9.17) is 0 Å². The Morgan fingerprint density at radius 3 is 2.24 bits per heavy atom. The molecule has 1 aromatic rings. The lowest BCUT2D eigenvalue weighted by Crippen LogP contribution is -2.05. The molecule has 17 heavy (non-hydrogen) atoms. The SMILES string of the molecule is CCC(CCC(C)=O)c1c(C)cc(O)cc1C. The lowest BCUT2D eigenvalue weighted by atomic mass is 9.85. The first-order valence-electron chi connectivity index (χ1n) is 6.25. The van der Waals surface area contributed by atoms with E-state index in [2.05, 4.69) is 6.92 Å². The van der Waals surface area contributed by atoms with Crippen molar-refractivity contribution in [2.75, 3.05) is 0 Å². The smallest absolute Gasteiger partial charge is 0.129 e. The van der Waals surface area contributed by atoms with Crippen molar-refractivity contribution >= 4 is 5.78 Å². The Hall–Kier alpha value is -1.31. The molecular weight excluding hydrogens is 212 g/mol. The Morgan fingerprint density at radius 2 is 1.82 bits per heavy atom. The van der Waals surface area contributed by atoms with Crippen LogP contribution in [0.2, 0.25) is 0 Å². The average Bonchev–Trinajstić information content (AvgIpc) is 2.21. The molecule has 1 rings (SSSR count). The van der Waals surface area contributed by atoms with E-state index in [1.54, 1.807) is 19.1 Å². The predicted octanol–water partition coefficient (Wildman–Crippen LogP) is 3.87. The second-order valence-corrected chi connectivity index (χ2v) is 4.84. The number of carbonyl (C=O) groups excluding carboxylic acids is 1. The Kier molecular flexibility index (Phi) is 4.73. The first-order valence-corrected chi connectivity index (χ1v) is 6.25. The molecule has 0 bridgehead atoms. The summed E-state index contributed by atoms with van der Waals surface area (Å²) in [5, 5.41) is 9.54. The lowest BCUT2D eigenvalue weighted by molar-refractivity contribution is -0.117. The normalized spacial score (nSPS) is 12.5. The Balaban J connectivity index is 2.99. The lowest BCUT2D eigenvalue weighted by Gasteiger charge is -2.20. The van der Waals surface area contributed by atoms with E-state index in [9.17, 15) is 9.90 Å². The number of rotatable bonds is 5. The van der Waals surface area contributed by atoms with Crippen molar-refractivity contribution in [3.8, 4) is 5.75 Å². The van der Waals surface area contributed by atoms with Crippen molar-refractivity contribution in [2.24, 2.45) is 0 Å². The van der Waals surface area contributed by atoms with E-state index in [1.807, 2.05) is 13.8 Å². The second-order valence-electron chi connectivity index (χ2n) is 4.84. The van der Waals surface area contributed by atoms with Gasteiger partial charge in [0, 0.05) is 6.42 Å². The quantitative estimate of drug-likeness (QED) is 0.839. The molecule has 94 valence electrons. The molecule has 0 aliphatic carbocycles. The van der Waals surface area contributed by atoms with E-state index in [-0.39, 0.29) is 5.78 Å². The Labute approximate surface area is 104 Å². The number of carbonyl (C=O) groups is 1. The Bertz CT molecular complexity index is 384. The topological polar surface area (TPSA) is 37.3 Å². The minimum absolute atomic E-state index is 0.248. The molecule has 1 N–H and O–H groups in total. The minimum Gasteiger partial charge on any atom is -0.508 e. The van der Waals surface area contributed by atoms with Crippen LogP contribution in [0.5, 0.6) is 5.75 Å². The zero-order valence-electron chi connectivity index (χ0n) is 11.2. The van der Waals surface area contributed by atoms with Crippen LogP contribution in [0.25, 0.3) is 0 Å². The summed E-state index contributed by atoms with van der Waals surface area (Å²) in [6.45, 7) is 7.84. The van der Waals surface area contributed by atoms with Crippen molar-refractivity contribution in [3.63, 3.8) is 0 Å². The van der Waals surface area contributed by atoms with Gasteiger partial charge in [-0.3, -0.25) is 0 Å². The number of aryl methyl sites for hydroxylation is 2. The summed E-state index contributed by atoms with van der Waals surface area (Å²) in [7, 11) is 0. The van der Waals surface area contributed by atoms with Gasteiger partial charge in [0.15, 0.2) is 0 Å². The molecule has 1 unspecified atom stereocenters. The van der Waals surface area contributed by atoms with Crippen LogP contribution in [0.3, 0.4) is 0 Å². The third-order valence-electron chi connectivity index (χ3n) is 3.32. The van der Waals surface area contributed by atoms with Crippen LogP contribution in [0.15, 0.2) is 12.1 Å². The van der Waals surface area contributed by atoms with Crippen molar-refractivity contribution < 1.29 is 9.90 Å². The first kappa shape index (κ1) is 13.8. The predicted molar refractivity (Wildman–Crippen MR) is 70.5 cm³/mol. The first-order chi connectivity index (χ1) is 7.95. The highest BCUT2D eigenvalue weighted by Gasteiger charge is 2.15. The van der Waals surface area contributed by atoms with Crippen molar-refractivity contribution in [1.82, 2.24) is 0 Å². The highest BCUT2D eigenvalue weighted by Crippen LogP contribution is 2.32. The van der Waals surface area contributed by atoms with E-state index in [0.717, 1.165) is 24.0 Å². The number of hydrogen-bond donors (Lipinski definition) is 1. The zero-order valence-corrected chi connectivity index (χ0v) is 11.2. The summed E-state index contributed by atoms with van der Waals surface area (Å²) in [6, 6.07) is 3.61. The number of benzene rings is 1. The molecule has 0 spiro atoms. The van der Waals surface area contributed by atoms with Crippen LogP contribution >= 0.6 is 0 Å². The van der Waals surface area contributed by atoms with Gasteiger partial charge < -0.3 is 9.90 Å². The second kappa shape index (κ2) is 5.85. The molecular formula is C15H22O2. The van der Waals surface area contributed by atoms with Gasteiger partial charge in [0.1, 0.15) is 11.5 Å². The fourth-order valence-corrected chi connectivity index (χ4v) is 2.53. The molecule has 0 saturated carbocycles. The van der Waals surface area contributed by atoms with Crippen LogP contribution in [-0.2, 0) is 4.79 Å². The molecule has 0 aliphatic heterocycles. The van der Waals surface area contributed by atoms with Crippen LogP contribution in [-0.4, -0.2) is 10.9 Å². The summed E-state index contributed by atoms with van der Waals surface area (Å²) in [4.78, 5) is 11.1. The molecule has 0 saturated heterocycles. The molecule has 1 atom stereocenters. The third-order valence-corrected chi connectivity index (χ3v) is 3.32. The van der Waals surface area contributed by atoms with Crippen molar-refractivity contribution in [1.29, 1.82) is 0 Å². The van der Waals surface area contributed by atoms with Gasteiger partial charge in [-0.15, -0.1) is 0 Å². The maximum Gasteiger partial charge on any atom is 0.129 e. The number of phenolic OH excluding ortho intramolecular Hbond substituents is 1. The maximum absolute atomic E-state index is 11.1. The largest absolute Gasteiger partial charge is 0.508 e. The van der Waals surface area contributed by atoms with Gasteiger partial charge in [-0.05, 0) is 68.4 Å². The van der Waals surface area contributed by atoms with Crippen LogP contribution in [0.4, 0.5) is 0 Å². The minimum atomic E-state index is 0.248. The summed E-state index contributed by atoms with van der Waals surface area (Å²) in [6.07, 6.45) is 2.57. The summed E-state index contributed by atoms with van der Waals surface area (Å²) < 4.78 is 0. The van der Waals surface area contributed by atoms with Gasteiger partial charge in [-0.2, -0.15) is 0 Å². The van der Waals surface area contributed by atoms with Crippen molar-refractivity contribution in [2.45, 2.75) is 52.9 Å². The third kappa shape index (κ3) is 3.58. The average molecular weight is 234 g/mol. The number of phenols is 1. The fourth-order valence-electron chi connectivity index (χ4n) is 2.53. The van der Waals surface area contributed by atoms with E-state index < -0.39 is 0 Å². The maximum atomic E-state index is 11.1. The summed E-state index contributed by atoms with van der Waals surface area (Å²) in [5.74, 6) is 0.988. The summed E-state index contributed by atoms with van der Waals surface area (Å²) in [5.41, 5.74) is 3.54. The van der Waals surface area contributed by atoms with Gasteiger partial charge in [0.2, 0.25) is 0 Å². The van der Waals surface area contributed by atoms with Gasteiger partial charge in [-0.25, -0.2) is 0 Å². The highest BCUT2D eigenvalue weighted by molar-refractivity contribution is 5.75. The zero-order chi connectivity index (χ0) is 13.0. The van der Waals surface area contributed by atoms with E-state index in [1.165, 1.54) is 5.56 Å². The van der Waals surface area contributed by atoms with E-state index in [0.29, 0.717) is 18.1 Å². The molecule has 1 aromatic carbocycles. The molecule has 2 heteroatoms. The standard InChI is InChI=1S/C15H22O2/c1-5-13(7-6-12(4)16)15-10(2)8-14(17)9-11(15)3/h8-9,13,17H,5-7H2,1-4H3. The highest BCUT2D eigenvalue weighted by atomic mass is 16.3. The monoisotopic (exact) mass is 234 g/mol. The number of Topliss-reactive ketones (excluding diaryl/α,β-unsaturated/α-hetero) is 1. The fraction of sp³-hybridized carbons (Fsp3) is 0.533. The number of ketones is 1. The molecule has 0 aliphatic rings. The van der Waals surface area contributed by atoms with Gasteiger partial charge in [0.05, 0.1) is 0 Å². The van der Waals surface area contributed by atoms with Crippen molar-refractivity contribution in [3.05, 3.63) is 28.8 Å². The number of aromatic hydroxyl groups is 1. The van der Waals surface area contributed by atoms with Gasteiger partial charge in [-0.1, -0.05) is 6.92 Å². The van der Waals surface area contributed by atoms with E-state index >= 15 is 0 Å². The van der Waals surface area contributed by atoms with Gasteiger partial charge in [0.25, 0.3) is 0 Å². The Morgan fingerprint density at radius 1 is 1.29 bits per heavy atom. The molecule has 0 fully saturated rings. The molecule has 0 radical (unpaired) electrons. The molecule has 2 nitrogen and oxygen atoms in total. The van der Waals surface area contributed by atoms with Crippen LogP contribution in [0, 0.1) is 13.8 Å². The molecule has 0 amide bonds. The number of hydrogen-bond acceptors (Lipinski definition) is 2. The van der Waals surface area contributed by atoms with Crippen LogP contribution < -0.4 is 0 Å². The molecule has 0 heterocycles. The molecule has 0 aromatic heterocycles. The van der Waals surface area contributed by atoms with Gasteiger partial charge >= 0.3 is 0 Å². The van der Waals surface area contributed by atoms with Crippen LogP contribution in [0.1, 0.15) is 55.7 Å². The summed E-state index contributed by atoms with van der Waals surface area (Å²) >= 11 is 0.